The van der Waals surface area contributed by atoms with Gasteiger partial charge in [-0.15, -0.1) is 11.3 Å². The van der Waals surface area contributed by atoms with Gasteiger partial charge >= 0.3 is 0 Å². The summed E-state index contributed by atoms with van der Waals surface area (Å²) in [5, 5.41) is 7.27. The molecule has 0 unspecified atom stereocenters. The minimum absolute atomic E-state index is 0.888. The minimum Gasteiger partial charge on any atom is -0.454 e. The molecule has 0 fully saturated rings. The first-order valence-electron chi connectivity index (χ1n) is 14.5. The van der Waals surface area contributed by atoms with Gasteiger partial charge in [-0.05, 0) is 58.3 Å². The van der Waals surface area contributed by atoms with Gasteiger partial charge in [0.15, 0.2) is 5.58 Å². The molecule has 0 spiro atoms. The highest BCUT2D eigenvalue weighted by atomic mass is 32.1. The summed E-state index contributed by atoms with van der Waals surface area (Å²) >= 11 is 1.85. The van der Waals surface area contributed by atoms with Crippen molar-refractivity contribution in [3.63, 3.8) is 0 Å². The monoisotopic (exact) mass is 567 g/mol. The van der Waals surface area contributed by atoms with E-state index in [0.29, 0.717) is 0 Å². The molecule has 0 amide bonds. The number of para-hydroxylation sites is 1. The van der Waals surface area contributed by atoms with Gasteiger partial charge in [-0.25, -0.2) is 0 Å². The van der Waals surface area contributed by atoms with Gasteiger partial charge in [-0.3, -0.25) is 0 Å². The van der Waals surface area contributed by atoms with E-state index in [9.17, 15) is 0 Å². The number of anilines is 3. The molecule has 9 rings (SSSR count). The van der Waals surface area contributed by atoms with Crippen LogP contribution >= 0.6 is 11.3 Å². The van der Waals surface area contributed by atoms with Gasteiger partial charge in [-0.2, -0.15) is 0 Å². The molecule has 0 aliphatic carbocycles. The molecule has 0 N–H and O–H groups in total. The Bertz CT molecular complexity index is 2450. The highest BCUT2D eigenvalue weighted by molar-refractivity contribution is 7.26. The predicted molar refractivity (Wildman–Crippen MR) is 184 cm³/mol. The quantitative estimate of drug-likeness (QED) is 0.210. The molecule has 0 aliphatic heterocycles. The fourth-order valence-electron chi connectivity index (χ4n) is 6.48. The third-order valence-corrected chi connectivity index (χ3v) is 9.67. The summed E-state index contributed by atoms with van der Waals surface area (Å²) in [4.78, 5) is 2.37. The van der Waals surface area contributed by atoms with E-state index in [1.165, 1.54) is 42.1 Å². The van der Waals surface area contributed by atoms with Crippen molar-refractivity contribution in [3.8, 4) is 11.1 Å². The molecule has 43 heavy (non-hydrogen) atoms. The van der Waals surface area contributed by atoms with E-state index in [2.05, 4.69) is 157 Å². The fourth-order valence-corrected chi connectivity index (χ4v) is 7.69. The van der Waals surface area contributed by atoms with Gasteiger partial charge < -0.3 is 9.32 Å². The molecule has 0 aliphatic rings. The molecule has 3 heteroatoms. The molecule has 9 aromatic rings. The lowest BCUT2D eigenvalue weighted by Gasteiger charge is -2.26. The molecule has 2 heterocycles. The second kappa shape index (κ2) is 9.59. The SMILES string of the molecule is c1ccc(-c2ccc(N(c3cccc4c3oc3ccc5ccccc5c34)c3cccc4c3sc3ccccc34)cc2)cc1. The summed E-state index contributed by atoms with van der Waals surface area (Å²) < 4.78 is 9.29. The first-order valence-corrected chi connectivity index (χ1v) is 15.3. The van der Waals surface area contributed by atoms with Crippen molar-refractivity contribution >= 4 is 81.3 Å². The summed E-state index contributed by atoms with van der Waals surface area (Å²) in [5.41, 5.74) is 7.44. The van der Waals surface area contributed by atoms with Crippen LogP contribution in [0.5, 0.6) is 0 Å². The minimum atomic E-state index is 0.888. The fraction of sp³-hybridized carbons (Fsp3) is 0. The number of rotatable bonds is 4. The molecule has 0 saturated heterocycles. The first kappa shape index (κ1) is 24.2. The summed E-state index contributed by atoms with van der Waals surface area (Å²) in [7, 11) is 0. The Kier molecular flexibility index (Phi) is 5.40. The topological polar surface area (TPSA) is 16.4 Å². The van der Waals surface area contributed by atoms with Gasteiger partial charge in [0, 0.05) is 31.9 Å². The Morgan fingerprint density at radius 1 is 0.465 bits per heavy atom. The zero-order valence-corrected chi connectivity index (χ0v) is 24.0. The molecular formula is C40H25NOS. The van der Waals surface area contributed by atoms with Crippen LogP contribution in [0.2, 0.25) is 0 Å². The van der Waals surface area contributed by atoms with Crippen LogP contribution in [0, 0.1) is 0 Å². The molecule has 0 saturated carbocycles. The van der Waals surface area contributed by atoms with E-state index in [4.69, 9.17) is 4.42 Å². The average molecular weight is 568 g/mol. The lowest BCUT2D eigenvalue weighted by atomic mass is 10.0. The predicted octanol–water partition coefficient (Wildman–Crippen LogP) is 12.2. The number of fused-ring (bicyclic) bond motifs is 8. The van der Waals surface area contributed by atoms with Crippen LogP contribution in [0.15, 0.2) is 156 Å². The molecule has 202 valence electrons. The number of hydrogen-bond donors (Lipinski definition) is 0. The van der Waals surface area contributed by atoms with Crippen molar-refractivity contribution in [1.82, 2.24) is 0 Å². The van der Waals surface area contributed by atoms with E-state index in [-0.39, 0.29) is 0 Å². The van der Waals surface area contributed by atoms with Gasteiger partial charge in [0.25, 0.3) is 0 Å². The van der Waals surface area contributed by atoms with Crippen molar-refractivity contribution in [2.75, 3.05) is 4.90 Å². The smallest absolute Gasteiger partial charge is 0.159 e. The maximum absolute atomic E-state index is 6.74. The lowest BCUT2D eigenvalue weighted by molar-refractivity contribution is 0.669. The lowest BCUT2D eigenvalue weighted by Crippen LogP contribution is -2.10. The Hall–Kier alpha value is -5.38. The van der Waals surface area contributed by atoms with Crippen LogP contribution in [-0.2, 0) is 0 Å². The number of thiophene rings is 1. The first-order chi connectivity index (χ1) is 21.3. The van der Waals surface area contributed by atoms with Crippen molar-refractivity contribution in [2.45, 2.75) is 0 Å². The molecule has 0 atom stereocenters. The van der Waals surface area contributed by atoms with Crippen molar-refractivity contribution in [2.24, 2.45) is 0 Å². The Morgan fingerprint density at radius 2 is 1.14 bits per heavy atom. The standard InChI is InChI=1S/C40H25NOS/c1-2-10-26(11-3-1)27-20-23-29(24-21-27)41(35-18-8-15-32-31-14-6-7-19-37(31)43-40(32)35)34-17-9-16-33-38-30-13-5-4-12-28(30)22-25-36(38)42-39(33)34/h1-25H. The van der Waals surface area contributed by atoms with E-state index in [1.54, 1.807) is 0 Å². The van der Waals surface area contributed by atoms with Crippen molar-refractivity contribution in [1.29, 1.82) is 0 Å². The van der Waals surface area contributed by atoms with Crippen LogP contribution in [0.4, 0.5) is 17.1 Å². The van der Waals surface area contributed by atoms with Gasteiger partial charge in [-0.1, -0.05) is 115 Å². The van der Waals surface area contributed by atoms with Gasteiger partial charge in [0.05, 0.1) is 16.1 Å². The maximum Gasteiger partial charge on any atom is 0.159 e. The second-order valence-electron chi connectivity index (χ2n) is 10.9. The molecular weight excluding hydrogens is 543 g/mol. The largest absolute Gasteiger partial charge is 0.454 e. The highest BCUT2D eigenvalue weighted by Gasteiger charge is 2.22. The van der Waals surface area contributed by atoms with Crippen molar-refractivity contribution in [3.05, 3.63) is 152 Å². The summed E-state index contributed by atoms with van der Waals surface area (Å²) in [6.07, 6.45) is 0. The van der Waals surface area contributed by atoms with Crippen LogP contribution in [-0.4, -0.2) is 0 Å². The van der Waals surface area contributed by atoms with Crippen LogP contribution < -0.4 is 4.90 Å². The van der Waals surface area contributed by atoms with Crippen LogP contribution in [0.1, 0.15) is 0 Å². The summed E-state index contributed by atoms with van der Waals surface area (Å²) in [5.74, 6) is 0. The second-order valence-corrected chi connectivity index (χ2v) is 12.0. The summed E-state index contributed by atoms with van der Waals surface area (Å²) in [6, 6.07) is 54.1. The van der Waals surface area contributed by atoms with E-state index in [0.717, 1.165) is 39.0 Å². The Morgan fingerprint density at radius 3 is 2.00 bits per heavy atom. The molecule has 0 radical (unpaired) electrons. The third-order valence-electron chi connectivity index (χ3n) is 8.46. The normalized spacial score (nSPS) is 11.7. The van der Waals surface area contributed by atoms with Gasteiger partial charge in [0.1, 0.15) is 5.58 Å². The molecule has 0 bridgehead atoms. The van der Waals surface area contributed by atoms with E-state index < -0.39 is 0 Å². The molecule has 2 aromatic heterocycles. The number of nitrogens with zero attached hydrogens (tertiary/aromatic N) is 1. The Balaban J connectivity index is 1.33. The zero-order valence-electron chi connectivity index (χ0n) is 23.2. The number of furan rings is 1. The van der Waals surface area contributed by atoms with Gasteiger partial charge in [0.2, 0.25) is 0 Å². The summed E-state index contributed by atoms with van der Waals surface area (Å²) in [6.45, 7) is 0. The number of hydrogen-bond acceptors (Lipinski definition) is 3. The van der Waals surface area contributed by atoms with Crippen molar-refractivity contribution < 1.29 is 4.42 Å². The third kappa shape index (κ3) is 3.79. The molecule has 2 nitrogen and oxygen atoms in total. The highest BCUT2D eigenvalue weighted by Crippen LogP contribution is 2.48. The van der Waals surface area contributed by atoms with E-state index >= 15 is 0 Å². The maximum atomic E-state index is 6.74. The zero-order chi connectivity index (χ0) is 28.3. The molecule has 7 aromatic carbocycles. The Labute approximate surface area is 252 Å². The number of benzene rings is 7. The van der Waals surface area contributed by atoms with E-state index in [1.807, 2.05) is 11.3 Å². The average Bonchev–Trinajstić information content (AvgIpc) is 3.65. The van der Waals surface area contributed by atoms with Crippen LogP contribution in [0.3, 0.4) is 0 Å². The van der Waals surface area contributed by atoms with Crippen LogP contribution in [0.25, 0.3) is 64.0 Å².